The summed E-state index contributed by atoms with van der Waals surface area (Å²) in [4.78, 5) is 90.6. The molecule has 5 heterocycles. The fraction of sp³-hybridized carbons (Fsp3) is 0.656. The SMILES string of the molecule is CO[C@H]1C[C@@H]2CC[C@@H](C)[C@@](O)(O2)C(=O)C(=O)N2CCCC[C@H]2C(=O)O[C@H]([C@H](N)C[C@@H]2CC[C@@H](OC(=S)NCCOCCOCCOCCOCCOCCOCCOCCOCCC(=O)NCCS(=O)(=O)c3ccc(C(=O)N4CCOc5ccc(-c6ccc(N)nc6)cc5C4)c(C)c3)[C@H](OC)C2)C[C@@H](O)[C@H](C)/C=C(\C)[C@@H](O)[C@@H](O)C(=O)[C@H](C)C[C@H](C)/C=C/C=CC=C1C. The zero-order valence-corrected chi connectivity index (χ0v) is 77.5. The average Bonchev–Trinajstić information content (AvgIpc) is 0.807. The first-order chi connectivity index (χ1) is 61.4. The first kappa shape index (κ1) is 106. The Morgan fingerprint density at radius 1 is 0.688 bits per heavy atom. The molecule has 0 radical (unpaired) electrons. The summed E-state index contributed by atoms with van der Waals surface area (Å²) in [5, 5.41) is 52.5. The molecule has 4 aliphatic heterocycles. The summed E-state index contributed by atoms with van der Waals surface area (Å²) in [6.07, 6.45) is 9.48. The number of hydrogen-bond acceptors (Lipinski definition) is 30. The predicted molar refractivity (Wildman–Crippen MR) is 481 cm³/mol. The van der Waals surface area contributed by atoms with Crippen molar-refractivity contribution in [3.8, 4) is 16.9 Å². The van der Waals surface area contributed by atoms with Crippen LogP contribution in [0.2, 0.25) is 0 Å². The van der Waals surface area contributed by atoms with Crippen LogP contribution in [0.5, 0.6) is 5.75 Å². The molecule has 2 saturated heterocycles. The van der Waals surface area contributed by atoms with Crippen LogP contribution in [0.4, 0.5) is 5.82 Å². The molecule has 1 aromatic heterocycles. The number of nitrogen functional groups attached to an aromatic ring is 1. The summed E-state index contributed by atoms with van der Waals surface area (Å²) in [5.74, 6) is -8.18. The van der Waals surface area contributed by atoms with Gasteiger partial charge in [-0.15, -0.1) is 0 Å². The quantitative estimate of drug-likeness (QED) is 0.00935. The maximum Gasteiger partial charge on any atom is 0.329 e. The van der Waals surface area contributed by atoms with Crippen molar-refractivity contribution in [3.63, 3.8) is 0 Å². The van der Waals surface area contributed by atoms with Crippen molar-refractivity contribution >= 4 is 68.3 Å². The van der Waals surface area contributed by atoms with Crippen LogP contribution in [0.3, 0.4) is 0 Å². The topological polar surface area (TPSA) is 442 Å². The molecule has 35 heteroatoms. The lowest BCUT2D eigenvalue weighted by Crippen LogP contribution is -2.61. The number of sulfone groups is 1. The monoisotopic (exact) mass is 1830 g/mol. The second kappa shape index (κ2) is 55.0. The van der Waals surface area contributed by atoms with Crippen molar-refractivity contribution < 1.29 is 124 Å². The largest absolute Gasteiger partial charge is 0.491 e. The number of ketones is 2. The summed E-state index contributed by atoms with van der Waals surface area (Å²) in [6.45, 7) is 18.8. The van der Waals surface area contributed by atoms with E-state index in [1.54, 1.807) is 72.1 Å². The number of cyclic esters (lactones) is 1. The van der Waals surface area contributed by atoms with Gasteiger partial charge in [-0.2, -0.15) is 0 Å². The van der Waals surface area contributed by atoms with Gasteiger partial charge in [0.25, 0.3) is 22.8 Å². The van der Waals surface area contributed by atoms with E-state index in [9.17, 15) is 57.6 Å². The average molecular weight is 1840 g/mol. The van der Waals surface area contributed by atoms with Crippen LogP contribution in [0.25, 0.3) is 11.1 Å². The van der Waals surface area contributed by atoms with E-state index in [1.807, 2.05) is 68.5 Å². The van der Waals surface area contributed by atoms with Gasteiger partial charge in [0.15, 0.2) is 15.6 Å². The van der Waals surface area contributed by atoms with Crippen molar-refractivity contribution in [2.75, 3.05) is 164 Å². The van der Waals surface area contributed by atoms with Gasteiger partial charge in [0, 0.05) is 106 Å². The number of allylic oxidation sites excluding steroid dienone is 5. The normalized spacial score (nSPS) is 26.8. The Morgan fingerprint density at radius 2 is 1.34 bits per heavy atom. The number of aromatic nitrogens is 1. The minimum atomic E-state index is -3.78. The van der Waals surface area contributed by atoms with E-state index in [1.165, 1.54) is 18.2 Å². The molecule has 1 saturated carbocycles. The van der Waals surface area contributed by atoms with E-state index < -0.39 is 118 Å². The number of aliphatic hydroxyl groups is 4. The number of amides is 3. The Hall–Kier alpha value is -7.63. The number of benzene rings is 2. The van der Waals surface area contributed by atoms with E-state index >= 15 is 0 Å². The molecule has 3 amide bonds. The number of ether oxygens (including phenoxy) is 14. The summed E-state index contributed by atoms with van der Waals surface area (Å²) in [5.41, 5.74) is 17.4. The molecule has 3 aromatic rings. The van der Waals surface area contributed by atoms with Crippen molar-refractivity contribution in [2.45, 2.75) is 210 Å². The second-order valence-electron chi connectivity index (χ2n) is 33.7. The predicted octanol–water partition coefficient (Wildman–Crippen LogP) is 7.01. The lowest BCUT2D eigenvalue weighted by molar-refractivity contribution is -0.265. The number of nitrogens with zero attached hydrogens (tertiary/aromatic N) is 3. The number of methoxy groups -OCH3 is 2. The van der Waals surface area contributed by atoms with Crippen LogP contribution < -0.4 is 26.8 Å². The number of esters is 1. The number of piperidine rings is 1. The summed E-state index contributed by atoms with van der Waals surface area (Å²) in [6, 6.07) is 11.7. The molecule has 714 valence electrons. The number of nitrogens with one attached hydrogen (secondary N) is 2. The smallest absolute Gasteiger partial charge is 0.329 e. The molecule has 1 aliphatic carbocycles. The van der Waals surface area contributed by atoms with Crippen molar-refractivity contribution in [2.24, 2.45) is 35.3 Å². The third-order valence-corrected chi connectivity index (χ3v) is 25.9. The number of carbonyl (C=O) groups is 6. The maximum atomic E-state index is 14.7. The molecule has 0 unspecified atom stereocenters. The number of rotatable bonds is 39. The van der Waals surface area contributed by atoms with Crippen molar-refractivity contribution in [1.29, 1.82) is 0 Å². The highest BCUT2D eigenvalue weighted by molar-refractivity contribution is 7.91. The highest BCUT2D eigenvalue weighted by Gasteiger charge is 2.53. The molecule has 2 bridgehead atoms. The van der Waals surface area contributed by atoms with Gasteiger partial charge in [-0.1, -0.05) is 70.2 Å². The Labute approximate surface area is 759 Å². The fourth-order valence-electron chi connectivity index (χ4n) is 16.2. The van der Waals surface area contributed by atoms with Gasteiger partial charge < -0.3 is 119 Å². The number of anilines is 1. The van der Waals surface area contributed by atoms with Crippen molar-refractivity contribution in [1.82, 2.24) is 25.4 Å². The molecule has 2 aromatic carbocycles. The number of hydrogen-bond donors (Lipinski definition) is 8. The van der Waals surface area contributed by atoms with Gasteiger partial charge in [0.05, 0.1) is 147 Å². The number of carbonyl (C=O) groups excluding carboxylic acids is 6. The fourth-order valence-corrected chi connectivity index (χ4v) is 17.7. The van der Waals surface area contributed by atoms with Crippen LogP contribution in [0, 0.1) is 36.5 Å². The van der Waals surface area contributed by atoms with Gasteiger partial charge >= 0.3 is 5.97 Å². The zero-order valence-electron chi connectivity index (χ0n) is 75.9. The van der Waals surface area contributed by atoms with Gasteiger partial charge in [-0.25, -0.2) is 18.2 Å². The Balaban J connectivity index is 0.638. The van der Waals surface area contributed by atoms with Gasteiger partial charge in [-0.3, -0.25) is 24.0 Å². The lowest BCUT2D eigenvalue weighted by Gasteiger charge is -2.43. The second-order valence-corrected chi connectivity index (χ2v) is 36.2. The van der Waals surface area contributed by atoms with Gasteiger partial charge in [0.2, 0.25) is 11.7 Å². The van der Waals surface area contributed by atoms with Crippen LogP contribution >= 0.6 is 12.2 Å². The number of fused-ring (bicyclic) bond motifs is 4. The Kier molecular flexibility index (Phi) is 45.4. The zero-order chi connectivity index (χ0) is 92.7. The molecule has 8 rings (SSSR count). The maximum absolute atomic E-state index is 14.7. The Bertz CT molecular complexity index is 4230. The molecule has 10 N–H and O–H groups in total. The molecule has 3 fully saturated rings. The molecule has 33 nitrogen and oxygen atoms in total. The number of nitrogens with two attached hydrogens (primary N) is 2. The van der Waals surface area contributed by atoms with E-state index in [2.05, 4.69) is 15.6 Å². The minimum absolute atomic E-state index is 0.0252. The molecule has 5 aliphatic rings. The summed E-state index contributed by atoms with van der Waals surface area (Å²) < 4.78 is 108. The lowest BCUT2D eigenvalue weighted by atomic mass is 9.80. The van der Waals surface area contributed by atoms with E-state index in [-0.39, 0.29) is 97.0 Å². The highest BCUT2D eigenvalue weighted by Crippen LogP contribution is 2.39. The number of pyridine rings is 1. The third-order valence-electron chi connectivity index (χ3n) is 23.9. The molecular formula is C93H139N7O26S2. The molecular weight excluding hydrogens is 1700 g/mol. The number of thiocarbonyl (C=S) groups is 1. The van der Waals surface area contributed by atoms with Gasteiger partial charge in [0.1, 0.15) is 48.6 Å². The van der Waals surface area contributed by atoms with Gasteiger partial charge in [-0.05, 0) is 174 Å². The number of aryl methyl sites for hydroxylation is 1. The van der Waals surface area contributed by atoms with Crippen LogP contribution in [0.15, 0.2) is 107 Å². The van der Waals surface area contributed by atoms with Crippen molar-refractivity contribution in [3.05, 3.63) is 119 Å². The molecule has 0 spiro atoms. The van der Waals surface area contributed by atoms with Crippen LogP contribution in [0.1, 0.15) is 146 Å². The number of aliphatic hydroxyl groups excluding tert-OH is 3. The molecule has 16 atom stereocenters. The van der Waals surface area contributed by atoms with Crippen LogP contribution in [-0.4, -0.2) is 309 Å². The summed E-state index contributed by atoms with van der Waals surface area (Å²) in [7, 11) is -0.644. The van der Waals surface area contributed by atoms with E-state index in [0.29, 0.717) is 199 Å². The van der Waals surface area contributed by atoms with E-state index in [4.69, 9.17) is 90.0 Å². The Morgan fingerprint density at radius 3 is 1.97 bits per heavy atom. The molecule has 128 heavy (non-hydrogen) atoms. The third kappa shape index (κ3) is 33.9. The standard InChI is InChI=1S/C93H139N7O26S2/c1-61-15-11-10-12-16-62(2)80(113-8)57-72-22-18-67(7)93(110,126-72)88(106)90(108)100-31-14-13-17-76(100)91(109)124-81(58-77(101)64(4)52-66(6)86(104)87(105)85(103)65(5)51-61)75(94)54-68-19-25-79(82(55-68)114-9)125-92(127)97-29-34-116-37-39-118-41-43-120-45-47-122-49-48-121-46-44-119-42-40-117-38-36-115-33-28-84(102)96-30-50-128(111,112)73-23-24-74(63(3)53-73)89(107)99-32-35-123-78-26-20-69(56-71(78)60-99)70-21-27-83(95)98-59-70/h10-12,15-16,20-21,23-24,26-27,52-53,56,59,61,64-65,67-68,72,75-77,79-82,86-87,101,104-105,110H,13-14,17-19,22,25,28-51,54-55,57-58,60,94H2,1-9H3,(H2,95,98)(H,96,102)(H,97,127)/b12-10?,15-11+,62-16?,66-52+/t61-,64-,65-,67-,68+,72+,75-,76+,77-,79-,80+,81+,82-,86-,87+,93-/m1/s1. The summed E-state index contributed by atoms with van der Waals surface area (Å²) >= 11 is 5.58. The van der Waals surface area contributed by atoms with E-state index in [0.717, 1.165) is 27.2 Å². The number of Topliss-reactive ketones (excluding diaryl/α,β-unsaturated/α-hetero) is 2. The first-order valence-corrected chi connectivity index (χ1v) is 47.0. The minimum Gasteiger partial charge on any atom is -0.491 e. The van der Waals surface area contributed by atoms with Crippen LogP contribution in [-0.2, 0) is 102 Å². The highest BCUT2D eigenvalue weighted by atomic mass is 32.2. The first-order valence-electron chi connectivity index (χ1n) is 44.9.